The van der Waals surface area contributed by atoms with Crippen molar-refractivity contribution in [1.29, 1.82) is 0 Å². The zero-order valence-corrected chi connectivity index (χ0v) is 21.5. The van der Waals surface area contributed by atoms with E-state index in [1.54, 1.807) is 56.3 Å². The molecule has 3 aromatic rings. The standard InChI is InChI=1S/C28H24ClN3O6/c1-16(2)38-28(36)18-8-5-11-21(14-18)32-26(34)23(29)24(27(32)35)30-19-9-4-7-17(13-19)25(33)31-20-10-6-12-22(15-20)37-3/h4-16,30H,1-3H3,(H,31,33). The molecule has 0 aliphatic carbocycles. The quantitative estimate of drug-likeness (QED) is 0.311. The molecule has 3 aromatic carbocycles. The lowest BCUT2D eigenvalue weighted by molar-refractivity contribution is -0.120. The van der Waals surface area contributed by atoms with E-state index in [9.17, 15) is 19.2 Å². The Bertz CT molecular complexity index is 1470. The fraction of sp³-hybridized carbons (Fsp3) is 0.143. The summed E-state index contributed by atoms with van der Waals surface area (Å²) in [5.74, 6) is -1.83. The van der Waals surface area contributed by atoms with Gasteiger partial charge in [0.1, 0.15) is 16.5 Å². The number of carbonyl (C=O) groups excluding carboxylic acids is 4. The van der Waals surface area contributed by atoms with Gasteiger partial charge in [0.2, 0.25) is 0 Å². The number of halogens is 1. The Morgan fingerprint density at radius 2 is 1.55 bits per heavy atom. The first-order valence-corrected chi connectivity index (χ1v) is 12.0. The molecule has 0 saturated heterocycles. The number of benzene rings is 3. The lowest BCUT2D eigenvalue weighted by Gasteiger charge is -2.16. The summed E-state index contributed by atoms with van der Waals surface area (Å²) in [4.78, 5) is 52.0. The van der Waals surface area contributed by atoms with E-state index < -0.39 is 17.8 Å². The lowest BCUT2D eigenvalue weighted by Crippen LogP contribution is -2.32. The third-order valence-corrected chi connectivity index (χ3v) is 5.78. The monoisotopic (exact) mass is 533 g/mol. The van der Waals surface area contributed by atoms with Gasteiger partial charge < -0.3 is 20.1 Å². The zero-order chi connectivity index (χ0) is 27.4. The van der Waals surface area contributed by atoms with E-state index in [1.165, 1.54) is 37.4 Å². The van der Waals surface area contributed by atoms with E-state index >= 15 is 0 Å². The van der Waals surface area contributed by atoms with E-state index in [1.807, 2.05) is 0 Å². The number of carbonyl (C=O) groups is 4. The first-order chi connectivity index (χ1) is 18.2. The minimum absolute atomic E-state index is 0.155. The summed E-state index contributed by atoms with van der Waals surface area (Å²) in [7, 11) is 1.53. The number of imide groups is 1. The summed E-state index contributed by atoms with van der Waals surface area (Å²) in [6.45, 7) is 3.43. The van der Waals surface area contributed by atoms with Gasteiger partial charge in [-0.2, -0.15) is 0 Å². The molecule has 1 aliphatic rings. The highest BCUT2D eigenvalue weighted by Gasteiger charge is 2.39. The number of ether oxygens (including phenoxy) is 2. The van der Waals surface area contributed by atoms with Crippen molar-refractivity contribution in [2.24, 2.45) is 0 Å². The maximum atomic E-state index is 13.2. The fourth-order valence-electron chi connectivity index (χ4n) is 3.69. The molecule has 1 heterocycles. The first kappa shape index (κ1) is 26.4. The number of methoxy groups -OCH3 is 1. The van der Waals surface area contributed by atoms with Crippen molar-refractivity contribution in [2.45, 2.75) is 20.0 Å². The molecule has 0 bridgehead atoms. The minimum Gasteiger partial charge on any atom is -0.497 e. The van der Waals surface area contributed by atoms with Crippen LogP contribution in [0, 0.1) is 0 Å². The molecule has 0 radical (unpaired) electrons. The molecule has 0 fully saturated rings. The molecule has 3 amide bonds. The Hall–Kier alpha value is -4.63. The van der Waals surface area contributed by atoms with Crippen LogP contribution in [0.4, 0.5) is 17.1 Å². The number of hydrogen-bond donors (Lipinski definition) is 2. The number of nitrogens with zero attached hydrogens (tertiary/aromatic N) is 1. The number of nitrogens with one attached hydrogen (secondary N) is 2. The van der Waals surface area contributed by atoms with Gasteiger partial charge in [-0.25, -0.2) is 9.69 Å². The number of anilines is 3. The summed E-state index contributed by atoms with van der Waals surface area (Å²) >= 11 is 6.25. The summed E-state index contributed by atoms with van der Waals surface area (Å²) in [5, 5.41) is 5.31. The van der Waals surface area contributed by atoms with Crippen LogP contribution < -0.4 is 20.3 Å². The Morgan fingerprint density at radius 1 is 0.868 bits per heavy atom. The van der Waals surface area contributed by atoms with Crippen molar-refractivity contribution in [2.75, 3.05) is 22.6 Å². The molecular formula is C28H24ClN3O6. The number of esters is 1. The second-order valence-corrected chi connectivity index (χ2v) is 8.91. The van der Waals surface area contributed by atoms with Crippen molar-refractivity contribution in [3.8, 4) is 5.75 Å². The first-order valence-electron chi connectivity index (χ1n) is 11.6. The van der Waals surface area contributed by atoms with Crippen molar-refractivity contribution >= 4 is 52.4 Å². The van der Waals surface area contributed by atoms with Gasteiger partial charge in [0.15, 0.2) is 0 Å². The van der Waals surface area contributed by atoms with Gasteiger partial charge in [0.25, 0.3) is 17.7 Å². The van der Waals surface area contributed by atoms with Gasteiger partial charge in [-0.3, -0.25) is 14.4 Å². The zero-order valence-electron chi connectivity index (χ0n) is 20.8. The number of rotatable bonds is 8. The maximum Gasteiger partial charge on any atom is 0.338 e. The smallest absolute Gasteiger partial charge is 0.338 e. The second-order valence-electron chi connectivity index (χ2n) is 8.53. The molecule has 2 N–H and O–H groups in total. The maximum absolute atomic E-state index is 13.2. The molecule has 4 rings (SSSR count). The van der Waals surface area contributed by atoms with E-state index in [0.29, 0.717) is 22.7 Å². The molecule has 0 atom stereocenters. The molecule has 38 heavy (non-hydrogen) atoms. The largest absolute Gasteiger partial charge is 0.497 e. The summed E-state index contributed by atoms with van der Waals surface area (Å²) in [6.07, 6.45) is -0.332. The van der Waals surface area contributed by atoms with Gasteiger partial charge >= 0.3 is 5.97 Å². The Kier molecular flexibility index (Phi) is 7.78. The van der Waals surface area contributed by atoms with Crippen LogP contribution in [0.5, 0.6) is 5.75 Å². The van der Waals surface area contributed by atoms with Gasteiger partial charge in [-0.05, 0) is 62.4 Å². The van der Waals surface area contributed by atoms with Gasteiger partial charge in [0.05, 0.1) is 24.5 Å². The normalized spacial score (nSPS) is 13.1. The molecular weight excluding hydrogens is 510 g/mol. The van der Waals surface area contributed by atoms with E-state index in [-0.39, 0.29) is 34.0 Å². The molecule has 0 spiro atoms. The fourth-order valence-corrected chi connectivity index (χ4v) is 3.90. The topological polar surface area (TPSA) is 114 Å². The van der Waals surface area contributed by atoms with Crippen LogP contribution >= 0.6 is 11.6 Å². The minimum atomic E-state index is -0.750. The Balaban J connectivity index is 1.52. The summed E-state index contributed by atoms with van der Waals surface area (Å²) < 4.78 is 10.4. The van der Waals surface area contributed by atoms with Gasteiger partial charge in [-0.1, -0.05) is 29.8 Å². The lowest BCUT2D eigenvalue weighted by atomic mass is 10.1. The number of hydrogen-bond acceptors (Lipinski definition) is 7. The Morgan fingerprint density at radius 3 is 2.29 bits per heavy atom. The third kappa shape index (κ3) is 5.68. The molecule has 0 aromatic heterocycles. The van der Waals surface area contributed by atoms with Crippen LogP contribution in [0.3, 0.4) is 0 Å². The van der Waals surface area contributed by atoms with E-state index in [0.717, 1.165) is 4.90 Å². The van der Waals surface area contributed by atoms with Crippen molar-refractivity contribution in [3.05, 3.63) is 94.7 Å². The molecule has 0 saturated carbocycles. The van der Waals surface area contributed by atoms with Crippen molar-refractivity contribution < 1.29 is 28.7 Å². The second kappa shape index (κ2) is 11.2. The van der Waals surface area contributed by atoms with Gasteiger partial charge in [0, 0.05) is 23.0 Å². The van der Waals surface area contributed by atoms with Crippen LogP contribution in [0.25, 0.3) is 0 Å². The predicted molar refractivity (Wildman–Crippen MR) is 143 cm³/mol. The molecule has 194 valence electrons. The third-order valence-electron chi connectivity index (χ3n) is 5.43. The van der Waals surface area contributed by atoms with Gasteiger partial charge in [-0.15, -0.1) is 0 Å². The van der Waals surface area contributed by atoms with Crippen LogP contribution in [0.1, 0.15) is 34.6 Å². The average molecular weight is 534 g/mol. The van der Waals surface area contributed by atoms with Crippen LogP contribution in [-0.4, -0.2) is 36.9 Å². The number of amides is 3. The van der Waals surface area contributed by atoms with E-state index in [4.69, 9.17) is 21.1 Å². The van der Waals surface area contributed by atoms with Crippen LogP contribution in [-0.2, 0) is 14.3 Å². The van der Waals surface area contributed by atoms with Crippen molar-refractivity contribution in [1.82, 2.24) is 0 Å². The highest BCUT2D eigenvalue weighted by molar-refractivity contribution is 6.53. The summed E-state index contributed by atoms with van der Waals surface area (Å²) in [6, 6.07) is 19.3. The Labute approximate surface area is 224 Å². The summed E-state index contributed by atoms with van der Waals surface area (Å²) in [5.41, 5.74) is 1.42. The predicted octanol–water partition coefficient (Wildman–Crippen LogP) is 4.95. The average Bonchev–Trinajstić information content (AvgIpc) is 3.11. The SMILES string of the molecule is COc1cccc(NC(=O)c2cccc(NC3=C(Cl)C(=O)N(c4cccc(C(=O)OC(C)C)c4)C3=O)c2)c1. The van der Waals surface area contributed by atoms with Crippen molar-refractivity contribution in [3.63, 3.8) is 0 Å². The highest BCUT2D eigenvalue weighted by atomic mass is 35.5. The van der Waals surface area contributed by atoms with E-state index in [2.05, 4.69) is 10.6 Å². The molecule has 10 heteroatoms. The van der Waals surface area contributed by atoms with Crippen LogP contribution in [0.15, 0.2) is 83.5 Å². The molecule has 9 nitrogen and oxygen atoms in total. The molecule has 0 unspecified atom stereocenters. The molecule has 1 aliphatic heterocycles. The van der Waals surface area contributed by atoms with Crippen LogP contribution in [0.2, 0.25) is 0 Å². The highest BCUT2D eigenvalue weighted by Crippen LogP contribution is 2.31.